The number of unbranched alkanes of at least 4 members (excludes halogenated alkanes) is 1. The normalized spacial score (nSPS) is 15.9. The number of nitrogens with zero attached hydrogens (tertiary/aromatic N) is 2. The van der Waals surface area contributed by atoms with E-state index in [9.17, 15) is 27.6 Å². The van der Waals surface area contributed by atoms with E-state index in [-0.39, 0.29) is 42.5 Å². The molecule has 1 aliphatic rings. The van der Waals surface area contributed by atoms with Crippen LogP contribution >= 0.6 is 34.8 Å². The number of benzene rings is 2. The molecule has 1 aliphatic heterocycles. The first kappa shape index (κ1) is 32.5. The maximum absolute atomic E-state index is 13.3. The number of carbonyl (C=O) groups excluding carboxylic acids is 3. The molecule has 3 amide bonds. The number of amides is 3. The summed E-state index contributed by atoms with van der Waals surface area (Å²) in [5.41, 5.74) is 1.32. The van der Waals surface area contributed by atoms with Gasteiger partial charge in [0.2, 0.25) is 5.91 Å². The van der Waals surface area contributed by atoms with Gasteiger partial charge in [0.05, 0.1) is 34.3 Å². The summed E-state index contributed by atoms with van der Waals surface area (Å²) in [5.74, 6) is -1.97. The Balaban J connectivity index is 1.77. The van der Waals surface area contributed by atoms with Crippen molar-refractivity contribution in [2.24, 2.45) is 11.0 Å². The van der Waals surface area contributed by atoms with Gasteiger partial charge >= 0.3 is 12.3 Å². The number of rotatable bonds is 12. The number of alkyl halides is 3. The van der Waals surface area contributed by atoms with Gasteiger partial charge in [-0.3, -0.25) is 9.59 Å². The predicted octanol–water partition coefficient (Wildman–Crippen LogP) is 6.54. The van der Waals surface area contributed by atoms with Gasteiger partial charge in [-0.25, -0.2) is 9.80 Å². The van der Waals surface area contributed by atoms with E-state index in [1.807, 2.05) is 0 Å². The second-order valence-electron chi connectivity index (χ2n) is 9.17. The van der Waals surface area contributed by atoms with Crippen LogP contribution in [-0.4, -0.2) is 54.5 Å². The summed E-state index contributed by atoms with van der Waals surface area (Å²) >= 11 is 18.5. The minimum atomic E-state index is -4.29. The van der Waals surface area contributed by atoms with E-state index in [1.54, 1.807) is 49.4 Å². The Morgan fingerprint density at radius 1 is 1.10 bits per heavy atom. The van der Waals surface area contributed by atoms with Crippen LogP contribution in [0.15, 0.2) is 47.6 Å². The number of carbonyl (C=O) groups is 3. The first-order chi connectivity index (χ1) is 19.4. The van der Waals surface area contributed by atoms with Gasteiger partial charge in [-0.05, 0) is 49.1 Å². The first-order valence-corrected chi connectivity index (χ1v) is 13.9. The monoisotopic (exact) mass is 634 g/mol. The summed E-state index contributed by atoms with van der Waals surface area (Å²) < 4.78 is 42.8. The van der Waals surface area contributed by atoms with Gasteiger partial charge in [0.25, 0.3) is 5.91 Å². The quantitative estimate of drug-likeness (QED) is 0.259. The van der Waals surface area contributed by atoms with Gasteiger partial charge in [0, 0.05) is 18.0 Å². The Bertz CT molecular complexity index is 1280. The molecule has 2 atom stereocenters. The Labute approximate surface area is 250 Å². The SMILES string of the molecule is CCOC(=O)NCC(NC(=O)CN1N=C(c2ccc(Cl)cc2)C(CCCCC(F)(F)F)C1=O)c1cccc(Cl)c1Cl. The molecule has 14 heteroatoms. The van der Waals surface area contributed by atoms with Gasteiger partial charge in [-0.15, -0.1) is 0 Å². The summed E-state index contributed by atoms with van der Waals surface area (Å²) in [6.45, 7) is 1.20. The fourth-order valence-electron chi connectivity index (χ4n) is 4.24. The number of hydrogen-bond acceptors (Lipinski definition) is 5. The molecule has 0 aliphatic carbocycles. The topological polar surface area (TPSA) is 100 Å². The maximum Gasteiger partial charge on any atom is 0.407 e. The second kappa shape index (κ2) is 14.7. The summed E-state index contributed by atoms with van der Waals surface area (Å²) in [6.07, 6.45) is -5.83. The molecule has 0 radical (unpaired) electrons. The molecule has 0 spiro atoms. The van der Waals surface area contributed by atoms with Gasteiger partial charge < -0.3 is 15.4 Å². The zero-order valence-electron chi connectivity index (χ0n) is 21.9. The van der Waals surface area contributed by atoms with Gasteiger partial charge in [-0.1, -0.05) is 65.5 Å². The lowest BCUT2D eigenvalue weighted by molar-refractivity contribution is -0.137. The van der Waals surface area contributed by atoms with Crippen LogP contribution in [0, 0.1) is 5.92 Å². The lowest BCUT2D eigenvalue weighted by Gasteiger charge is -2.22. The fourth-order valence-corrected chi connectivity index (χ4v) is 4.81. The Morgan fingerprint density at radius 2 is 1.80 bits per heavy atom. The summed E-state index contributed by atoms with van der Waals surface area (Å²) in [6, 6.07) is 10.5. The molecule has 2 N–H and O–H groups in total. The number of hydrazone groups is 1. The van der Waals surface area contributed by atoms with Crippen molar-refractivity contribution in [3.05, 3.63) is 68.7 Å². The molecule has 2 aromatic carbocycles. The molecule has 2 aromatic rings. The van der Waals surface area contributed by atoms with Gasteiger partial charge in [-0.2, -0.15) is 18.3 Å². The smallest absolute Gasteiger partial charge is 0.407 e. The number of ether oxygens (including phenoxy) is 1. The van der Waals surface area contributed by atoms with Crippen molar-refractivity contribution >= 4 is 58.4 Å². The number of alkyl carbamates (subject to hydrolysis) is 1. The Kier molecular flexibility index (Phi) is 11.7. The third kappa shape index (κ3) is 9.51. The largest absolute Gasteiger partial charge is 0.450 e. The molecule has 0 aromatic heterocycles. The summed E-state index contributed by atoms with van der Waals surface area (Å²) in [5, 5.41) is 11.5. The van der Waals surface area contributed by atoms with Crippen molar-refractivity contribution in [2.45, 2.75) is 44.8 Å². The lowest BCUT2D eigenvalue weighted by atomic mass is 9.91. The van der Waals surface area contributed by atoms with E-state index >= 15 is 0 Å². The van der Waals surface area contributed by atoms with Crippen molar-refractivity contribution in [1.29, 1.82) is 0 Å². The van der Waals surface area contributed by atoms with E-state index in [0.717, 1.165) is 5.01 Å². The standard InChI is InChI=1S/C27H28Cl3F3N4O4/c1-2-41-26(40)34-14-21(18-7-5-8-20(29)23(18)30)35-22(38)15-37-25(39)19(6-3-4-13-27(31,32)33)24(36-37)16-9-11-17(28)12-10-16/h5,7-12,19,21H,2-4,6,13-15H2,1H3,(H,34,40)(H,35,38). The number of hydrogen-bond donors (Lipinski definition) is 2. The van der Waals surface area contributed by atoms with Gasteiger partial charge in [0.1, 0.15) is 6.54 Å². The molecule has 0 bridgehead atoms. The van der Waals surface area contributed by atoms with E-state index < -0.39 is 49.0 Å². The van der Waals surface area contributed by atoms with Crippen molar-refractivity contribution in [1.82, 2.24) is 15.6 Å². The predicted molar refractivity (Wildman–Crippen MR) is 150 cm³/mol. The van der Waals surface area contributed by atoms with Crippen molar-refractivity contribution < 1.29 is 32.3 Å². The van der Waals surface area contributed by atoms with Crippen molar-refractivity contribution in [3.8, 4) is 0 Å². The molecule has 0 fully saturated rings. The van der Waals surface area contributed by atoms with E-state index in [4.69, 9.17) is 39.5 Å². The van der Waals surface area contributed by atoms with Crippen LogP contribution < -0.4 is 10.6 Å². The Morgan fingerprint density at radius 3 is 2.46 bits per heavy atom. The lowest BCUT2D eigenvalue weighted by Crippen LogP contribution is -2.43. The highest BCUT2D eigenvalue weighted by Gasteiger charge is 2.37. The highest BCUT2D eigenvalue weighted by atomic mass is 35.5. The van der Waals surface area contributed by atoms with E-state index in [0.29, 0.717) is 21.9 Å². The van der Waals surface area contributed by atoms with E-state index in [2.05, 4.69) is 15.7 Å². The Hall–Kier alpha value is -3.02. The minimum absolute atomic E-state index is 0.0975. The molecule has 0 saturated carbocycles. The molecule has 0 saturated heterocycles. The average molecular weight is 636 g/mol. The molecule has 1 heterocycles. The minimum Gasteiger partial charge on any atom is -0.450 e. The van der Waals surface area contributed by atoms with Gasteiger partial charge in [0.15, 0.2) is 0 Å². The number of nitrogens with one attached hydrogen (secondary N) is 2. The molecule has 2 unspecified atom stereocenters. The fraction of sp³-hybridized carbons (Fsp3) is 0.407. The molecular formula is C27H28Cl3F3N4O4. The first-order valence-electron chi connectivity index (χ1n) is 12.8. The summed E-state index contributed by atoms with van der Waals surface area (Å²) in [7, 11) is 0. The summed E-state index contributed by atoms with van der Waals surface area (Å²) in [4.78, 5) is 38.3. The van der Waals surface area contributed by atoms with Crippen LogP contribution in [0.2, 0.25) is 15.1 Å². The van der Waals surface area contributed by atoms with Crippen LogP contribution in [-0.2, 0) is 14.3 Å². The average Bonchev–Trinajstić information content (AvgIpc) is 3.20. The number of halogens is 6. The molecule has 3 rings (SSSR count). The van der Waals surface area contributed by atoms with Crippen molar-refractivity contribution in [2.75, 3.05) is 19.7 Å². The third-order valence-corrected chi connectivity index (χ3v) is 7.25. The van der Waals surface area contributed by atoms with E-state index in [1.165, 1.54) is 0 Å². The molecule has 41 heavy (non-hydrogen) atoms. The molecule has 222 valence electrons. The molecule has 8 nitrogen and oxygen atoms in total. The third-order valence-electron chi connectivity index (χ3n) is 6.17. The van der Waals surface area contributed by atoms with Crippen LogP contribution in [0.1, 0.15) is 49.8 Å². The second-order valence-corrected chi connectivity index (χ2v) is 10.4. The van der Waals surface area contributed by atoms with Crippen LogP contribution in [0.5, 0.6) is 0 Å². The highest BCUT2D eigenvalue weighted by Crippen LogP contribution is 2.31. The van der Waals surface area contributed by atoms with Crippen LogP contribution in [0.4, 0.5) is 18.0 Å². The van der Waals surface area contributed by atoms with Crippen LogP contribution in [0.25, 0.3) is 0 Å². The zero-order chi connectivity index (χ0) is 30.2. The van der Waals surface area contributed by atoms with Crippen molar-refractivity contribution in [3.63, 3.8) is 0 Å². The highest BCUT2D eigenvalue weighted by molar-refractivity contribution is 6.42. The van der Waals surface area contributed by atoms with Crippen LogP contribution in [0.3, 0.4) is 0 Å². The maximum atomic E-state index is 13.3. The zero-order valence-corrected chi connectivity index (χ0v) is 24.2. The molecular weight excluding hydrogens is 608 g/mol.